The predicted octanol–water partition coefficient (Wildman–Crippen LogP) is 1.70. The Labute approximate surface area is 80.0 Å². The number of nitrogens with two attached hydrogens (primary N) is 1. The molecule has 0 aliphatic carbocycles. The van der Waals surface area contributed by atoms with Gasteiger partial charge in [0.2, 0.25) is 0 Å². The number of hydrogen-bond acceptors (Lipinski definition) is 2. The maximum Gasteiger partial charge on any atom is 0.105 e. The van der Waals surface area contributed by atoms with Crippen LogP contribution in [0.25, 0.3) is 0 Å². The molecule has 3 heteroatoms. The van der Waals surface area contributed by atoms with Crippen molar-refractivity contribution in [3.05, 3.63) is 17.7 Å². The van der Waals surface area contributed by atoms with Crippen molar-refractivity contribution in [2.24, 2.45) is 12.8 Å². The second-order valence-electron chi connectivity index (χ2n) is 3.61. The van der Waals surface area contributed by atoms with Crippen LogP contribution in [0.15, 0.2) is 6.20 Å². The zero-order valence-corrected chi connectivity index (χ0v) is 8.96. The van der Waals surface area contributed by atoms with E-state index in [1.807, 2.05) is 20.2 Å². The van der Waals surface area contributed by atoms with E-state index >= 15 is 0 Å². The zero-order valence-electron chi connectivity index (χ0n) is 8.96. The molecule has 2 N–H and O–H groups in total. The van der Waals surface area contributed by atoms with Crippen LogP contribution in [0.2, 0.25) is 0 Å². The van der Waals surface area contributed by atoms with Crippen LogP contribution in [-0.2, 0) is 12.6 Å². The Morgan fingerprint density at radius 1 is 1.46 bits per heavy atom. The standard InChI is InChI=1S/C10H19N3/c1-5-10(11,6-2)9-7-12-8(3)13(9)4/h7H,5-6,11H2,1-4H3. The topological polar surface area (TPSA) is 43.8 Å². The van der Waals surface area contributed by atoms with E-state index < -0.39 is 0 Å². The van der Waals surface area contributed by atoms with Gasteiger partial charge in [0.15, 0.2) is 0 Å². The minimum Gasteiger partial charge on any atom is -0.334 e. The van der Waals surface area contributed by atoms with Gasteiger partial charge in [0.05, 0.1) is 17.4 Å². The number of rotatable bonds is 3. The van der Waals surface area contributed by atoms with E-state index in [1.165, 1.54) is 0 Å². The van der Waals surface area contributed by atoms with Gasteiger partial charge in [0.1, 0.15) is 5.82 Å². The maximum atomic E-state index is 6.27. The third-order valence-electron chi connectivity index (χ3n) is 2.99. The van der Waals surface area contributed by atoms with Gasteiger partial charge in [0, 0.05) is 7.05 Å². The van der Waals surface area contributed by atoms with Crippen molar-refractivity contribution in [3.8, 4) is 0 Å². The highest BCUT2D eigenvalue weighted by Gasteiger charge is 2.26. The molecule has 0 aliphatic rings. The number of nitrogens with zero attached hydrogens (tertiary/aromatic N) is 2. The molecule has 0 radical (unpaired) electrons. The molecule has 0 atom stereocenters. The van der Waals surface area contributed by atoms with E-state index in [2.05, 4.69) is 23.4 Å². The van der Waals surface area contributed by atoms with Gasteiger partial charge in [-0.15, -0.1) is 0 Å². The van der Waals surface area contributed by atoms with Crippen molar-refractivity contribution in [3.63, 3.8) is 0 Å². The molecule has 0 unspecified atom stereocenters. The van der Waals surface area contributed by atoms with Crippen molar-refractivity contribution >= 4 is 0 Å². The third kappa shape index (κ3) is 1.61. The van der Waals surface area contributed by atoms with Crippen LogP contribution in [0.4, 0.5) is 0 Å². The van der Waals surface area contributed by atoms with Crippen molar-refractivity contribution in [2.75, 3.05) is 0 Å². The van der Waals surface area contributed by atoms with Crippen molar-refractivity contribution in [2.45, 2.75) is 39.2 Å². The lowest BCUT2D eigenvalue weighted by Crippen LogP contribution is -2.37. The molecule has 1 heterocycles. The Bertz CT molecular complexity index is 284. The van der Waals surface area contributed by atoms with Crippen LogP contribution in [0, 0.1) is 6.92 Å². The number of imidazole rings is 1. The Balaban J connectivity index is 3.12. The Hall–Kier alpha value is -0.830. The minimum atomic E-state index is -0.212. The van der Waals surface area contributed by atoms with Crippen molar-refractivity contribution in [1.29, 1.82) is 0 Å². The zero-order chi connectivity index (χ0) is 10.1. The molecule has 0 aromatic carbocycles. The second-order valence-corrected chi connectivity index (χ2v) is 3.61. The second kappa shape index (κ2) is 3.50. The first-order chi connectivity index (χ1) is 6.05. The summed E-state index contributed by atoms with van der Waals surface area (Å²) in [4.78, 5) is 4.26. The number of hydrogen-bond donors (Lipinski definition) is 1. The lowest BCUT2D eigenvalue weighted by molar-refractivity contribution is 0.388. The summed E-state index contributed by atoms with van der Waals surface area (Å²) < 4.78 is 2.08. The van der Waals surface area contributed by atoms with Crippen LogP contribution >= 0.6 is 0 Å². The van der Waals surface area contributed by atoms with Crippen LogP contribution in [0.1, 0.15) is 38.2 Å². The van der Waals surface area contributed by atoms with Crippen LogP contribution in [0.5, 0.6) is 0 Å². The summed E-state index contributed by atoms with van der Waals surface area (Å²) in [6.45, 7) is 6.23. The fourth-order valence-electron chi connectivity index (χ4n) is 1.58. The SMILES string of the molecule is CCC(N)(CC)c1cnc(C)n1C. The van der Waals surface area contributed by atoms with E-state index in [0.29, 0.717) is 0 Å². The minimum absolute atomic E-state index is 0.212. The summed E-state index contributed by atoms with van der Waals surface area (Å²) in [5.41, 5.74) is 7.19. The normalized spacial score (nSPS) is 12.1. The van der Waals surface area contributed by atoms with Gasteiger partial charge in [-0.2, -0.15) is 0 Å². The Kier molecular flexibility index (Phi) is 2.76. The van der Waals surface area contributed by atoms with Gasteiger partial charge in [-0.25, -0.2) is 4.98 Å². The van der Waals surface area contributed by atoms with E-state index in [0.717, 1.165) is 24.4 Å². The first-order valence-corrected chi connectivity index (χ1v) is 4.82. The van der Waals surface area contributed by atoms with E-state index in [-0.39, 0.29) is 5.54 Å². The fraction of sp³-hybridized carbons (Fsp3) is 0.700. The molecular formula is C10H19N3. The first-order valence-electron chi connectivity index (χ1n) is 4.82. The maximum absolute atomic E-state index is 6.27. The van der Waals surface area contributed by atoms with Gasteiger partial charge in [-0.3, -0.25) is 0 Å². The quantitative estimate of drug-likeness (QED) is 0.771. The molecule has 0 fully saturated rings. The fourth-order valence-corrected chi connectivity index (χ4v) is 1.58. The third-order valence-corrected chi connectivity index (χ3v) is 2.99. The van der Waals surface area contributed by atoms with Crippen LogP contribution in [0.3, 0.4) is 0 Å². The van der Waals surface area contributed by atoms with Gasteiger partial charge < -0.3 is 10.3 Å². The van der Waals surface area contributed by atoms with Crippen LogP contribution in [-0.4, -0.2) is 9.55 Å². The monoisotopic (exact) mass is 181 g/mol. The highest BCUT2D eigenvalue weighted by molar-refractivity contribution is 5.15. The summed E-state index contributed by atoms with van der Waals surface area (Å²) in [5, 5.41) is 0. The first kappa shape index (κ1) is 10.3. The Morgan fingerprint density at radius 3 is 2.31 bits per heavy atom. The van der Waals surface area contributed by atoms with E-state index in [1.54, 1.807) is 0 Å². The smallest absolute Gasteiger partial charge is 0.105 e. The van der Waals surface area contributed by atoms with Gasteiger partial charge in [-0.1, -0.05) is 13.8 Å². The molecule has 0 saturated carbocycles. The van der Waals surface area contributed by atoms with E-state index in [9.17, 15) is 0 Å². The average Bonchev–Trinajstić information content (AvgIpc) is 2.47. The molecule has 0 saturated heterocycles. The molecular weight excluding hydrogens is 162 g/mol. The highest BCUT2D eigenvalue weighted by atomic mass is 15.1. The van der Waals surface area contributed by atoms with E-state index in [4.69, 9.17) is 5.73 Å². The largest absolute Gasteiger partial charge is 0.334 e. The molecule has 1 rings (SSSR count). The molecule has 0 spiro atoms. The number of aromatic nitrogens is 2. The molecule has 13 heavy (non-hydrogen) atoms. The molecule has 1 aromatic heterocycles. The predicted molar refractivity (Wildman–Crippen MR) is 54.4 cm³/mol. The molecule has 3 nitrogen and oxygen atoms in total. The summed E-state index contributed by atoms with van der Waals surface area (Å²) in [5.74, 6) is 1.02. The number of aryl methyl sites for hydroxylation is 1. The Morgan fingerprint density at radius 2 is 2.00 bits per heavy atom. The van der Waals surface area contributed by atoms with Gasteiger partial charge >= 0.3 is 0 Å². The molecule has 74 valence electrons. The van der Waals surface area contributed by atoms with Gasteiger partial charge in [-0.05, 0) is 19.8 Å². The summed E-state index contributed by atoms with van der Waals surface area (Å²) in [6.07, 6.45) is 3.78. The summed E-state index contributed by atoms with van der Waals surface area (Å²) in [7, 11) is 2.02. The summed E-state index contributed by atoms with van der Waals surface area (Å²) in [6, 6.07) is 0. The average molecular weight is 181 g/mol. The van der Waals surface area contributed by atoms with Crippen molar-refractivity contribution in [1.82, 2.24) is 9.55 Å². The molecule has 0 amide bonds. The molecule has 0 aliphatic heterocycles. The summed E-state index contributed by atoms with van der Waals surface area (Å²) >= 11 is 0. The van der Waals surface area contributed by atoms with Gasteiger partial charge in [0.25, 0.3) is 0 Å². The lowest BCUT2D eigenvalue weighted by atomic mass is 9.91. The molecule has 1 aromatic rings. The van der Waals surface area contributed by atoms with Crippen LogP contribution < -0.4 is 5.73 Å². The lowest BCUT2D eigenvalue weighted by Gasteiger charge is -2.27. The highest BCUT2D eigenvalue weighted by Crippen LogP contribution is 2.25. The molecule has 0 bridgehead atoms. The van der Waals surface area contributed by atoms with Crippen molar-refractivity contribution < 1.29 is 0 Å².